The summed E-state index contributed by atoms with van der Waals surface area (Å²) >= 11 is 12.4. The summed E-state index contributed by atoms with van der Waals surface area (Å²) in [5, 5.41) is 5.34. The van der Waals surface area contributed by atoms with Crippen molar-refractivity contribution in [3.63, 3.8) is 0 Å². The number of rotatable bonds is 7. The molecule has 11 nitrogen and oxygen atoms in total. The minimum Gasteiger partial charge on any atom is -0.436 e. The number of nitrogens with one attached hydrogen (secondary N) is 1. The lowest BCUT2D eigenvalue weighted by atomic mass is 10.0. The summed E-state index contributed by atoms with van der Waals surface area (Å²) < 4.78 is 7.45. The number of piperazine rings is 1. The van der Waals surface area contributed by atoms with Gasteiger partial charge in [0.15, 0.2) is 11.9 Å². The molecule has 13 heteroatoms. The van der Waals surface area contributed by atoms with E-state index in [1.165, 1.54) is 4.68 Å². The molecule has 6 rings (SSSR count). The summed E-state index contributed by atoms with van der Waals surface area (Å²) in [5.41, 5.74) is 1.32. The standard InChI is InChI=1S/C33H41Cl2N7O4/c1-38-17-19-39(20-18-38)25-9-13-40(14-10-25)31(43)29(22-23-7-8-27(34)28(35)21-23)46-33(45)41-15-11-26(12-16-41)42-32(44)36-30(37-42)24-5-3-2-4-6-24/h2-8,21,25-26,29H,9-20,22H2,1H3,(H,36,37,44)/t29-/m1/s1. The Balaban J connectivity index is 1.09. The van der Waals surface area contributed by atoms with Crippen LogP contribution in [-0.4, -0.2) is 118 Å². The Hall–Kier alpha value is -3.38. The number of hydrogen-bond donors (Lipinski definition) is 1. The Morgan fingerprint density at radius 3 is 2.20 bits per heavy atom. The number of halogens is 2. The second kappa shape index (κ2) is 14.6. The molecule has 246 valence electrons. The zero-order valence-corrected chi connectivity index (χ0v) is 27.6. The van der Waals surface area contributed by atoms with Gasteiger partial charge in [-0.25, -0.2) is 14.3 Å². The summed E-state index contributed by atoms with van der Waals surface area (Å²) in [6.45, 7) is 6.23. The third-order valence-electron chi connectivity index (χ3n) is 9.51. The van der Waals surface area contributed by atoms with Crippen LogP contribution in [0.1, 0.15) is 37.3 Å². The number of ether oxygens (including phenoxy) is 1. The first-order valence-electron chi connectivity index (χ1n) is 16.1. The number of amides is 2. The van der Waals surface area contributed by atoms with Gasteiger partial charge in [0.2, 0.25) is 0 Å². The van der Waals surface area contributed by atoms with Gasteiger partial charge in [-0.15, -0.1) is 5.10 Å². The molecule has 2 amide bonds. The monoisotopic (exact) mass is 669 g/mol. The number of H-pyrrole nitrogens is 1. The van der Waals surface area contributed by atoms with Crippen molar-refractivity contribution in [3.8, 4) is 11.4 Å². The van der Waals surface area contributed by atoms with E-state index in [-0.39, 0.29) is 24.1 Å². The van der Waals surface area contributed by atoms with Crippen molar-refractivity contribution < 1.29 is 14.3 Å². The lowest BCUT2D eigenvalue weighted by Crippen LogP contribution is -2.54. The lowest BCUT2D eigenvalue weighted by Gasteiger charge is -2.42. The van der Waals surface area contributed by atoms with E-state index in [0.29, 0.717) is 60.9 Å². The van der Waals surface area contributed by atoms with Crippen LogP contribution in [0.5, 0.6) is 0 Å². The number of likely N-dealkylation sites (N-methyl/N-ethyl adjacent to an activating group) is 1. The fourth-order valence-electron chi connectivity index (χ4n) is 6.70. The van der Waals surface area contributed by atoms with Crippen molar-refractivity contribution in [1.82, 2.24) is 34.4 Å². The molecule has 1 N–H and O–H groups in total. The number of likely N-dealkylation sites (tertiary alicyclic amines) is 2. The van der Waals surface area contributed by atoms with Gasteiger partial charge in [-0.2, -0.15) is 0 Å². The van der Waals surface area contributed by atoms with Gasteiger partial charge < -0.3 is 19.4 Å². The Labute approximate surface area is 279 Å². The van der Waals surface area contributed by atoms with Crippen LogP contribution in [0, 0.1) is 0 Å². The first kappa shape index (κ1) is 32.6. The van der Waals surface area contributed by atoms with Gasteiger partial charge in [-0.05, 0) is 50.4 Å². The van der Waals surface area contributed by atoms with E-state index in [9.17, 15) is 14.4 Å². The average Bonchev–Trinajstić information content (AvgIpc) is 3.48. The summed E-state index contributed by atoms with van der Waals surface area (Å²) in [6.07, 6.45) is 1.54. The van der Waals surface area contributed by atoms with Crippen molar-refractivity contribution in [2.24, 2.45) is 0 Å². The molecule has 0 aliphatic carbocycles. The van der Waals surface area contributed by atoms with E-state index in [2.05, 4.69) is 26.9 Å². The molecule has 0 bridgehead atoms. The van der Waals surface area contributed by atoms with Crippen LogP contribution in [0.3, 0.4) is 0 Å². The molecule has 3 fully saturated rings. The van der Waals surface area contributed by atoms with Gasteiger partial charge >= 0.3 is 11.8 Å². The van der Waals surface area contributed by atoms with Crippen LogP contribution in [0.25, 0.3) is 11.4 Å². The number of hydrogen-bond acceptors (Lipinski definition) is 7. The number of piperidine rings is 2. The fraction of sp³-hybridized carbons (Fsp3) is 0.515. The maximum absolute atomic E-state index is 13.9. The molecule has 4 heterocycles. The van der Waals surface area contributed by atoms with Gasteiger partial charge in [0.05, 0.1) is 16.1 Å². The molecular weight excluding hydrogens is 629 g/mol. The van der Waals surface area contributed by atoms with Crippen molar-refractivity contribution in [1.29, 1.82) is 0 Å². The molecule has 1 aromatic heterocycles. The van der Waals surface area contributed by atoms with Crippen molar-refractivity contribution in [3.05, 3.63) is 74.6 Å². The van der Waals surface area contributed by atoms with Crippen LogP contribution in [-0.2, 0) is 16.0 Å². The third kappa shape index (κ3) is 7.60. The second-order valence-electron chi connectivity index (χ2n) is 12.5. The molecule has 46 heavy (non-hydrogen) atoms. The summed E-state index contributed by atoms with van der Waals surface area (Å²) in [7, 11) is 2.15. The molecule has 0 unspecified atom stereocenters. The number of carbonyl (C=O) groups excluding carboxylic acids is 2. The molecule has 0 saturated carbocycles. The number of aromatic amines is 1. The predicted octanol–water partition coefficient (Wildman–Crippen LogP) is 4.17. The molecule has 1 atom stereocenters. The number of nitrogens with zero attached hydrogens (tertiary/aromatic N) is 6. The molecule has 3 aromatic rings. The van der Waals surface area contributed by atoms with Crippen LogP contribution < -0.4 is 5.69 Å². The Kier molecular flexibility index (Phi) is 10.3. The van der Waals surface area contributed by atoms with Gasteiger partial charge in [-0.3, -0.25) is 14.7 Å². The normalized spacial score (nSPS) is 19.7. The zero-order valence-electron chi connectivity index (χ0n) is 26.1. The molecule has 2 aromatic carbocycles. The van der Waals surface area contributed by atoms with Crippen LogP contribution in [0.4, 0.5) is 4.79 Å². The average molecular weight is 671 g/mol. The van der Waals surface area contributed by atoms with Crippen molar-refractivity contribution in [2.45, 2.75) is 50.3 Å². The van der Waals surface area contributed by atoms with Crippen molar-refractivity contribution in [2.75, 3.05) is 59.4 Å². The van der Waals surface area contributed by atoms with E-state index in [1.54, 1.807) is 23.1 Å². The van der Waals surface area contributed by atoms with E-state index >= 15 is 0 Å². The van der Waals surface area contributed by atoms with Crippen LogP contribution >= 0.6 is 23.2 Å². The minimum absolute atomic E-state index is 0.152. The maximum atomic E-state index is 13.9. The highest BCUT2D eigenvalue weighted by Gasteiger charge is 2.35. The number of aromatic nitrogens is 3. The predicted molar refractivity (Wildman–Crippen MR) is 177 cm³/mol. The van der Waals surface area contributed by atoms with Gasteiger partial charge in [0.25, 0.3) is 5.91 Å². The van der Waals surface area contributed by atoms with Crippen molar-refractivity contribution >= 4 is 35.2 Å². The van der Waals surface area contributed by atoms with Gasteiger partial charge in [-0.1, -0.05) is 59.6 Å². The Morgan fingerprint density at radius 1 is 0.870 bits per heavy atom. The van der Waals surface area contributed by atoms with Gasteiger partial charge in [0.1, 0.15) is 0 Å². The molecule has 3 saturated heterocycles. The summed E-state index contributed by atoms with van der Waals surface area (Å²) in [4.78, 5) is 51.3. The fourth-order valence-corrected chi connectivity index (χ4v) is 7.02. The van der Waals surface area contributed by atoms with E-state index in [1.807, 2.05) is 35.2 Å². The van der Waals surface area contributed by atoms with Crippen LogP contribution in [0.15, 0.2) is 53.3 Å². The maximum Gasteiger partial charge on any atom is 0.410 e. The Bertz CT molecular complexity index is 1560. The number of carbonyl (C=O) groups is 2. The highest BCUT2D eigenvalue weighted by Crippen LogP contribution is 2.26. The molecular formula is C33H41Cl2N7O4. The second-order valence-corrected chi connectivity index (χ2v) is 13.3. The molecule has 0 radical (unpaired) electrons. The topological polar surface area (TPSA) is 107 Å². The van der Waals surface area contributed by atoms with E-state index < -0.39 is 12.2 Å². The van der Waals surface area contributed by atoms with Gasteiger partial charge in [0, 0.05) is 70.4 Å². The molecule has 3 aliphatic heterocycles. The Morgan fingerprint density at radius 2 is 1.52 bits per heavy atom. The minimum atomic E-state index is -0.995. The first-order valence-corrected chi connectivity index (χ1v) is 16.9. The largest absolute Gasteiger partial charge is 0.436 e. The number of benzene rings is 2. The highest BCUT2D eigenvalue weighted by molar-refractivity contribution is 6.42. The summed E-state index contributed by atoms with van der Waals surface area (Å²) in [5.74, 6) is 0.325. The first-order chi connectivity index (χ1) is 22.2. The summed E-state index contributed by atoms with van der Waals surface area (Å²) in [6, 6.07) is 15.0. The molecule has 0 spiro atoms. The smallest absolute Gasteiger partial charge is 0.410 e. The highest BCUT2D eigenvalue weighted by atomic mass is 35.5. The quantitative estimate of drug-likeness (QED) is 0.403. The molecule has 3 aliphatic rings. The zero-order chi connectivity index (χ0) is 32.2. The van der Waals surface area contributed by atoms with E-state index in [0.717, 1.165) is 50.1 Å². The third-order valence-corrected chi connectivity index (χ3v) is 10.3. The lowest BCUT2D eigenvalue weighted by molar-refractivity contribution is -0.142. The van der Waals surface area contributed by atoms with Crippen LogP contribution in [0.2, 0.25) is 10.0 Å². The SMILES string of the molecule is CN1CCN(C2CCN(C(=O)[C@@H](Cc3ccc(Cl)c(Cl)c3)OC(=O)N3CCC(n4nc(-c5ccccc5)[nH]c4=O)CC3)CC2)CC1. The van der Waals surface area contributed by atoms with E-state index in [4.69, 9.17) is 27.9 Å².